The van der Waals surface area contributed by atoms with Gasteiger partial charge >= 0.3 is 0 Å². The summed E-state index contributed by atoms with van der Waals surface area (Å²) < 4.78 is 1.76. The van der Waals surface area contributed by atoms with Crippen molar-refractivity contribution in [2.75, 3.05) is 18.0 Å². The first-order valence-electron chi connectivity index (χ1n) is 9.11. The van der Waals surface area contributed by atoms with E-state index >= 15 is 0 Å². The molecule has 1 fully saturated rings. The molecule has 0 N–H and O–H groups in total. The van der Waals surface area contributed by atoms with Crippen molar-refractivity contribution < 1.29 is 0 Å². The molecule has 2 aromatic heterocycles. The Labute approximate surface area is 152 Å². The van der Waals surface area contributed by atoms with Gasteiger partial charge in [-0.2, -0.15) is 0 Å². The topological polar surface area (TPSA) is 63.9 Å². The van der Waals surface area contributed by atoms with Gasteiger partial charge < -0.3 is 4.90 Å². The maximum atomic E-state index is 12.4. The van der Waals surface area contributed by atoms with Crippen molar-refractivity contribution in [3.8, 4) is 0 Å². The first kappa shape index (κ1) is 16.7. The standard InChI is InChI=1S/C20H23N5O/c1-14-15(2)22-13-25(20(14)26)12-16-7-9-24(10-8-16)19-11-21-17-5-3-4-6-18(17)23-19/h3-6,11,13,16H,7-10,12H2,1-2H3. The fraction of sp³-hybridized carbons (Fsp3) is 0.400. The second-order valence-corrected chi connectivity index (χ2v) is 7.06. The maximum absolute atomic E-state index is 12.4. The van der Waals surface area contributed by atoms with E-state index in [1.165, 1.54) is 0 Å². The van der Waals surface area contributed by atoms with Crippen LogP contribution < -0.4 is 10.5 Å². The molecule has 134 valence electrons. The van der Waals surface area contributed by atoms with E-state index in [0.29, 0.717) is 5.92 Å². The highest BCUT2D eigenvalue weighted by molar-refractivity contribution is 5.75. The molecule has 6 nitrogen and oxygen atoms in total. The van der Waals surface area contributed by atoms with E-state index < -0.39 is 0 Å². The molecule has 0 atom stereocenters. The van der Waals surface area contributed by atoms with E-state index in [1.54, 1.807) is 10.9 Å². The molecular weight excluding hydrogens is 326 g/mol. The molecular formula is C20H23N5O. The van der Waals surface area contributed by atoms with Crippen LogP contribution in [0.1, 0.15) is 24.1 Å². The van der Waals surface area contributed by atoms with Gasteiger partial charge in [-0.25, -0.2) is 9.97 Å². The zero-order valence-corrected chi connectivity index (χ0v) is 15.2. The van der Waals surface area contributed by atoms with E-state index in [4.69, 9.17) is 4.98 Å². The molecule has 4 rings (SSSR count). The van der Waals surface area contributed by atoms with E-state index in [2.05, 4.69) is 14.9 Å². The van der Waals surface area contributed by atoms with E-state index in [1.807, 2.05) is 44.3 Å². The van der Waals surface area contributed by atoms with E-state index in [-0.39, 0.29) is 5.56 Å². The second-order valence-electron chi connectivity index (χ2n) is 7.06. The highest BCUT2D eigenvalue weighted by atomic mass is 16.1. The highest BCUT2D eigenvalue weighted by Gasteiger charge is 2.21. The van der Waals surface area contributed by atoms with Gasteiger partial charge in [-0.1, -0.05) is 12.1 Å². The van der Waals surface area contributed by atoms with E-state index in [9.17, 15) is 4.79 Å². The molecule has 0 spiro atoms. The number of para-hydroxylation sites is 2. The molecule has 0 saturated carbocycles. The van der Waals surface area contributed by atoms with Gasteiger partial charge in [0, 0.05) is 30.9 Å². The first-order chi connectivity index (χ1) is 12.6. The van der Waals surface area contributed by atoms with Gasteiger partial charge in [-0.05, 0) is 44.7 Å². The molecule has 3 aromatic rings. The Morgan fingerprint density at radius 3 is 2.58 bits per heavy atom. The van der Waals surface area contributed by atoms with Crippen LogP contribution in [0, 0.1) is 19.8 Å². The molecule has 26 heavy (non-hydrogen) atoms. The molecule has 1 aromatic carbocycles. The zero-order valence-electron chi connectivity index (χ0n) is 15.2. The lowest BCUT2D eigenvalue weighted by Gasteiger charge is -2.32. The number of piperidine rings is 1. The monoisotopic (exact) mass is 349 g/mol. The fourth-order valence-corrected chi connectivity index (χ4v) is 3.53. The number of rotatable bonds is 3. The summed E-state index contributed by atoms with van der Waals surface area (Å²) in [7, 11) is 0. The Balaban J connectivity index is 1.44. The summed E-state index contributed by atoms with van der Waals surface area (Å²) in [5, 5.41) is 0. The quantitative estimate of drug-likeness (QED) is 0.727. The lowest BCUT2D eigenvalue weighted by Crippen LogP contribution is -2.37. The van der Waals surface area contributed by atoms with Crippen molar-refractivity contribution in [1.29, 1.82) is 0 Å². The van der Waals surface area contributed by atoms with Crippen LogP contribution in [0.5, 0.6) is 0 Å². The molecule has 0 radical (unpaired) electrons. The summed E-state index contributed by atoms with van der Waals surface area (Å²) in [6.45, 7) is 6.34. The molecule has 6 heteroatoms. The second kappa shape index (κ2) is 6.86. The maximum Gasteiger partial charge on any atom is 0.256 e. The van der Waals surface area contributed by atoms with Crippen molar-refractivity contribution in [3.05, 3.63) is 58.4 Å². The number of aromatic nitrogens is 4. The number of hydrogen-bond donors (Lipinski definition) is 0. The summed E-state index contributed by atoms with van der Waals surface area (Å²) in [6, 6.07) is 7.94. The molecule has 1 aliphatic rings. The van der Waals surface area contributed by atoms with Crippen molar-refractivity contribution in [1.82, 2.24) is 19.5 Å². The van der Waals surface area contributed by atoms with Crippen LogP contribution in [-0.2, 0) is 6.54 Å². The minimum atomic E-state index is 0.0836. The van der Waals surface area contributed by atoms with Crippen LogP contribution in [0.25, 0.3) is 11.0 Å². The Kier molecular flexibility index (Phi) is 4.41. The summed E-state index contributed by atoms with van der Waals surface area (Å²) in [6.07, 6.45) is 5.62. The minimum absolute atomic E-state index is 0.0836. The van der Waals surface area contributed by atoms with Gasteiger partial charge in [0.15, 0.2) is 0 Å². The summed E-state index contributed by atoms with van der Waals surface area (Å²) in [5.41, 5.74) is 3.50. The average molecular weight is 349 g/mol. The third-order valence-corrected chi connectivity index (χ3v) is 5.34. The predicted octanol–water partition coefficient (Wildman–Crippen LogP) is 2.72. The number of anilines is 1. The van der Waals surface area contributed by atoms with E-state index in [0.717, 1.165) is 60.6 Å². The van der Waals surface area contributed by atoms with Crippen molar-refractivity contribution >= 4 is 16.9 Å². The number of nitrogens with zero attached hydrogens (tertiary/aromatic N) is 5. The third kappa shape index (κ3) is 3.19. The van der Waals surface area contributed by atoms with Crippen LogP contribution in [0.15, 0.2) is 41.6 Å². The van der Waals surface area contributed by atoms with Gasteiger partial charge in [0.05, 0.1) is 23.6 Å². The highest BCUT2D eigenvalue weighted by Crippen LogP contribution is 2.23. The smallest absolute Gasteiger partial charge is 0.256 e. The summed E-state index contributed by atoms with van der Waals surface area (Å²) in [4.78, 5) is 28.2. The molecule has 1 saturated heterocycles. The average Bonchev–Trinajstić information content (AvgIpc) is 2.68. The first-order valence-corrected chi connectivity index (χ1v) is 9.11. The predicted molar refractivity (Wildman–Crippen MR) is 102 cm³/mol. The minimum Gasteiger partial charge on any atom is -0.355 e. The molecule has 0 amide bonds. The van der Waals surface area contributed by atoms with Crippen LogP contribution in [0.4, 0.5) is 5.82 Å². The largest absolute Gasteiger partial charge is 0.355 e. The van der Waals surface area contributed by atoms with Crippen LogP contribution >= 0.6 is 0 Å². The van der Waals surface area contributed by atoms with Gasteiger partial charge in [0.25, 0.3) is 5.56 Å². The summed E-state index contributed by atoms with van der Waals surface area (Å²) in [5.74, 6) is 1.42. The number of fused-ring (bicyclic) bond motifs is 1. The van der Waals surface area contributed by atoms with Crippen molar-refractivity contribution in [2.45, 2.75) is 33.2 Å². The summed E-state index contributed by atoms with van der Waals surface area (Å²) >= 11 is 0. The molecule has 0 unspecified atom stereocenters. The lowest BCUT2D eigenvalue weighted by atomic mass is 9.96. The van der Waals surface area contributed by atoms with Gasteiger partial charge in [-0.15, -0.1) is 0 Å². The Morgan fingerprint density at radius 2 is 1.81 bits per heavy atom. The lowest BCUT2D eigenvalue weighted by molar-refractivity contribution is 0.349. The van der Waals surface area contributed by atoms with Crippen LogP contribution in [-0.4, -0.2) is 32.6 Å². The number of hydrogen-bond acceptors (Lipinski definition) is 5. The SMILES string of the molecule is Cc1ncn(CC2CCN(c3cnc4ccccc4n3)CC2)c(=O)c1C. The molecule has 0 aliphatic carbocycles. The fourth-order valence-electron chi connectivity index (χ4n) is 3.53. The van der Waals surface area contributed by atoms with Crippen LogP contribution in [0.3, 0.4) is 0 Å². The van der Waals surface area contributed by atoms with Crippen LogP contribution in [0.2, 0.25) is 0 Å². The Bertz CT molecular complexity index is 989. The molecule has 1 aliphatic heterocycles. The van der Waals surface area contributed by atoms with Gasteiger partial charge in [0.1, 0.15) is 5.82 Å². The third-order valence-electron chi connectivity index (χ3n) is 5.34. The van der Waals surface area contributed by atoms with Gasteiger partial charge in [-0.3, -0.25) is 14.3 Å². The molecule has 0 bridgehead atoms. The Hall–Kier alpha value is -2.76. The van der Waals surface area contributed by atoms with Crippen molar-refractivity contribution in [2.24, 2.45) is 5.92 Å². The number of benzene rings is 1. The Morgan fingerprint density at radius 1 is 1.08 bits per heavy atom. The number of aryl methyl sites for hydroxylation is 1. The van der Waals surface area contributed by atoms with Gasteiger partial charge in [0.2, 0.25) is 0 Å². The zero-order chi connectivity index (χ0) is 18.1. The normalized spacial score (nSPS) is 15.5. The van der Waals surface area contributed by atoms with Crippen molar-refractivity contribution in [3.63, 3.8) is 0 Å². The molecule has 3 heterocycles.